The van der Waals surface area contributed by atoms with Crippen molar-refractivity contribution in [2.75, 3.05) is 24.5 Å². The molecule has 0 amide bonds. The maximum atomic E-state index is 4.76. The van der Waals surface area contributed by atoms with Crippen LogP contribution in [0.1, 0.15) is 13.8 Å². The van der Waals surface area contributed by atoms with Crippen LogP contribution in [0.5, 0.6) is 0 Å². The zero-order valence-electron chi connectivity index (χ0n) is 11.3. The first kappa shape index (κ1) is 11.5. The summed E-state index contributed by atoms with van der Waals surface area (Å²) in [4.78, 5) is 7.13. The lowest BCUT2D eigenvalue weighted by atomic mass is 10.0. The van der Waals surface area contributed by atoms with Gasteiger partial charge in [0.25, 0.3) is 0 Å². The summed E-state index contributed by atoms with van der Waals surface area (Å²) in [6.07, 6.45) is 0. The van der Waals surface area contributed by atoms with Crippen molar-refractivity contribution in [3.05, 3.63) is 24.3 Å². The SMILES string of the molecule is Cn1c(N2CCNC(C)(C)C2)nc2ccccc21. The lowest BCUT2D eigenvalue weighted by Gasteiger charge is -2.39. The monoisotopic (exact) mass is 244 g/mol. The number of piperazine rings is 1. The van der Waals surface area contributed by atoms with Crippen molar-refractivity contribution in [2.24, 2.45) is 7.05 Å². The summed E-state index contributed by atoms with van der Waals surface area (Å²) in [6, 6.07) is 8.31. The number of aromatic nitrogens is 2. The minimum Gasteiger partial charge on any atom is -0.339 e. The van der Waals surface area contributed by atoms with Crippen LogP contribution in [0.25, 0.3) is 11.0 Å². The smallest absolute Gasteiger partial charge is 0.206 e. The van der Waals surface area contributed by atoms with Crippen molar-refractivity contribution in [1.29, 1.82) is 0 Å². The van der Waals surface area contributed by atoms with E-state index >= 15 is 0 Å². The summed E-state index contributed by atoms with van der Waals surface area (Å²) >= 11 is 0. The molecule has 4 nitrogen and oxygen atoms in total. The van der Waals surface area contributed by atoms with Gasteiger partial charge in [-0.1, -0.05) is 12.1 Å². The lowest BCUT2D eigenvalue weighted by molar-refractivity contribution is 0.349. The van der Waals surface area contributed by atoms with E-state index in [2.05, 4.69) is 53.9 Å². The molecule has 1 aromatic carbocycles. The largest absolute Gasteiger partial charge is 0.339 e. The molecular weight excluding hydrogens is 224 g/mol. The van der Waals surface area contributed by atoms with Crippen LogP contribution in [-0.2, 0) is 7.05 Å². The maximum Gasteiger partial charge on any atom is 0.206 e. The number of hydrogen-bond donors (Lipinski definition) is 1. The van der Waals surface area contributed by atoms with Gasteiger partial charge in [-0.25, -0.2) is 4.98 Å². The Labute approximate surface area is 108 Å². The molecule has 1 aliphatic heterocycles. The Morgan fingerprint density at radius 1 is 1.28 bits per heavy atom. The first-order valence-electron chi connectivity index (χ1n) is 6.48. The van der Waals surface area contributed by atoms with Crippen LogP contribution >= 0.6 is 0 Å². The van der Waals surface area contributed by atoms with E-state index in [4.69, 9.17) is 4.98 Å². The molecule has 0 spiro atoms. The first-order valence-corrected chi connectivity index (χ1v) is 6.48. The molecule has 2 heterocycles. The molecule has 0 unspecified atom stereocenters. The van der Waals surface area contributed by atoms with Crippen LogP contribution in [0.2, 0.25) is 0 Å². The summed E-state index contributed by atoms with van der Waals surface area (Å²) < 4.78 is 2.19. The van der Waals surface area contributed by atoms with Gasteiger partial charge in [-0.3, -0.25) is 0 Å². The molecule has 0 radical (unpaired) electrons. The standard InChI is InChI=1S/C14H20N4/c1-14(2)10-18(9-8-15-14)13-16-11-6-4-5-7-12(11)17(13)3/h4-7,15H,8-10H2,1-3H3. The number of rotatable bonds is 1. The Morgan fingerprint density at radius 2 is 2.06 bits per heavy atom. The van der Waals surface area contributed by atoms with Crippen molar-refractivity contribution in [2.45, 2.75) is 19.4 Å². The zero-order chi connectivity index (χ0) is 12.8. The van der Waals surface area contributed by atoms with Gasteiger partial charge in [-0.2, -0.15) is 0 Å². The molecule has 0 saturated carbocycles. The van der Waals surface area contributed by atoms with E-state index in [0.717, 1.165) is 31.1 Å². The van der Waals surface area contributed by atoms with Crippen LogP contribution < -0.4 is 10.2 Å². The second-order valence-electron chi connectivity index (χ2n) is 5.69. The molecule has 1 fully saturated rings. The van der Waals surface area contributed by atoms with Gasteiger partial charge in [0.1, 0.15) is 0 Å². The second-order valence-corrected chi connectivity index (χ2v) is 5.69. The average Bonchev–Trinajstić information content (AvgIpc) is 2.66. The van der Waals surface area contributed by atoms with Crippen LogP contribution in [0, 0.1) is 0 Å². The molecule has 2 aromatic rings. The summed E-state index contributed by atoms with van der Waals surface area (Å²) in [5.74, 6) is 1.07. The highest BCUT2D eigenvalue weighted by molar-refractivity contribution is 5.78. The highest BCUT2D eigenvalue weighted by Gasteiger charge is 2.28. The quantitative estimate of drug-likeness (QED) is 0.830. The van der Waals surface area contributed by atoms with Gasteiger partial charge in [-0.05, 0) is 26.0 Å². The molecule has 0 bridgehead atoms. The van der Waals surface area contributed by atoms with Gasteiger partial charge in [0.2, 0.25) is 5.95 Å². The molecule has 1 saturated heterocycles. The molecule has 18 heavy (non-hydrogen) atoms. The molecule has 0 atom stereocenters. The predicted octanol–water partition coefficient (Wildman–Crippen LogP) is 1.76. The Morgan fingerprint density at radius 3 is 2.78 bits per heavy atom. The Bertz CT molecular complexity index is 570. The van der Waals surface area contributed by atoms with Crippen molar-refractivity contribution < 1.29 is 0 Å². The summed E-state index contributed by atoms with van der Waals surface area (Å²) in [6.45, 7) is 7.49. The van der Waals surface area contributed by atoms with Gasteiger partial charge in [-0.15, -0.1) is 0 Å². The summed E-state index contributed by atoms with van der Waals surface area (Å²) in [5, 5.41) is 3.53. The number of nitrogens with one attached hydrogen (secondary N) is 1. The van der Waals surface area contributed by atoms with Crippen molar-refractivity contribution in [3.8, 4) is 0 Å². The van der Waals surface area contributed by atoms with Crippen LogP contribution in [0.15, 0.2) is 24.3 Å². The van der Waals surface area contributed by atoms with Crippen molar-refractivity contribution in [3.63, 3.8) is 0 Å². The van der Waals surface area contributed by atoms with E-state index in [-0.39, 0.29) is 5.54 Å². The van der Waals surface area contributed by atoms with E-state index in [1.54, 1.807) is 0 Å². The molecular formula is C14H20N4. The van der Waals surface area contributed by atoms with Gasteiger partial charge >= 0.3 is 0 Å². The Hall–Kier alpha value is -1.55. The zero-order valence-corrected chi connectivity index (χ0v) is 11.3. The maximum absolute atomic E-state index is 4.76. The van der Waals surface area contributed by atoms with Crippen molar-refractivity contribution >= 4 is 17.0 Å². The van der Waals surface area contributed by atoms with Gasteiger partial charge in [0, 0.05) is 32.2 Å². The molecule has 4 heteroatoms. The Balaban J connectivity index is 2.01. The third-order valence-corrected chi connectivity index (χ3v) is 3.62. The first-order chi connectivity index (χ1) is 8.57. The summed E-state index contributed by atoms with van der Waals surface area (Å²) in [5.41, 5.74) is 2.42. The molecule has 3 rings (SSSR count). The number of hydrogen-bond acceptors (Lipinski definition) is 3. The average molecular weight is 244 g/mol. The van der Waals surface area contributed by atoms with E-state index in [0.29, 0.717) is 0 Å². The van der Waals surface area contributed by atoms with Gasteiger partial charge < -0.3 is 14.8 Å². The summed E-state index contributed by atoms with van der Waals surface area (Å²) in [7, 11) is 2.10. The van der Waals surface area contributed by atoms with Gasteiger partial charge in [0.15, 0.2) is 0 Å². The fourth-order valence-corrected chi connectivity index (χ4v) is 2.73. The Kier molecular flexibility index (Phi) is 2.55. The van der Waals surface area contributed by atoms with Crippen LogP contribution in [0.3, 0.4) is 0 Å². The molecule has 1 aliphatic rings. The number of benzene rings is 1. The highest BCUT2D eigenvalue weighted by atomic mass is 15.3. The number of imidazole rings is 1. The number of anilines is 1. The molecule has 0 aliphatic carbocycles. The van der Waals surface area contributed by atoms with E-state index in [9.17, 15) is 0 Å². The third kappa shape index (κ3) is 1.86. The number of aryl methyl sites for hydroxylation is 1. The minimum absolute atomic E-state index is 0.149. The van der Waals surface area contributed by atoms with Crippen LogP contribution in [0.4, 0.5) is 5.95 Å². The molecule has 96 valence electrons. The highest BCUT2D eigenvalue weighted by Crippen LogP contribution is 2.23. The van der Waals surface area contributed by atoms with E-state index < -0.39 is 0 Å². The topological polar surface area (TPSA) is 33.1 Å². The minimum atomic E-state index is 0.149. The van der Waals surface area contributed by atoms with Gasteiger partial charge in [0.05, 0.1) is 11.0 Å². The normalized spacial score (nSPS) is 19.4. The molecule has 1 N–H and O–H groups in total. The number of nitrogens with zero attached hydrogens (tertiary/aromatic N) is 3. The number of para-hydroxylation sites is 2. The second kappa shape index (κ2) is 3.99. The fraction of sp³-hybridized carbons (Fsp3) is 0.500. The van der Waals surface area contributed by atoms with E-state index in [1.165, 1.54) is 5.52 Å². The lowest BCUT2D eigenvalue weighted by Crippen LogP contribution is -2.57. The molecule has 1 aromatic heterocycles. The third-order valence-electron chi connectivity index (χ3n) is 3.62. The predicted molar refractivity (Wildman–Crippen MR) is 75.0 cm³/mol. The van der Waals surface area contributed by atoms with E-state index in [1.807, 2.05) is 6.07 Å². The van der Waals surface area contributed by atoms with Crippen molar-refractivity contribution in [1.82, 2.24) is 14.9 Å². The van der Waals surface area contributed by atoms with Crippen LogP contribution in [-0.4, -0.2) is 34.7 Å². The number of fused-ring (bicyclic) bond motifs is 1. The fourth-order valence-electron chi connectivity index (χ4n) is 2.73.